The lowest BCUT2D eigenvalue weighted by atomic mass is 9.43. The van der Waals surface area contributed by atoms with Crippen molar-refractivity contribution < 1.29 is 23.9 Å². The topological polar surface area (TPSA) is 69.7 Å². The number of hydrogen-bond acceptors (Lipinski definition) is 5. The highest BCUT2D eigenvalue weighted by Crippen LogP contribution is 2.68. The van der Waals surface area contributed by atoms with Crippen LogP contribution in [0.25, 0.3) is 0 Å². The number of ketones is 1. The van der Waals surface area contributed by atoms with E-state index in [2.05, 4.69) is 20.8 Å². The molecule has 192 valence electrons. The van der Waals surface area contributed by atoms with Crippen LogP contribution in [0.4, 0.5) is 0 Å². The zero-order valence-corrected chi connectivity index (χ0v) is 22.2. The minimum atomic E-state index is -0.192. The molecule has 0 bridgehead atoms. The fraction of sp³-hybridized carbons (Fsp3) is 0.897. The third kappa shape index (κ3) is 4.57. The number of ether oxygens (including phenoxy) is 2. The van der Waals surface area contributed by atoms with Crippen LogP contribution < -0.4 is 0 Å². The van der Waals surface area contributed by atoms with Gasteiger partial charge < -0.3 is 14.3 Å². The number of rotatable bonds is 6. The molecular formula is C29H46O5. The molecular weight excluding hydrogens is 428 g/mol. The van der Waals surface area contributed by atoms with Crippen molar-refractivity contribution in [2.24, 2.45) is 46.3 Å². The Morgan fingerprint density at radius 1 is 0.853 bits per heavy atom. The van der Waals surface area contributed by atoms with Gasteiger partial charge in [-0.05, 0) is 105 Å². The van der Waals surface area contributed by atoms with E-state index in [1.807, 2.05) is 0 Å². The van der Waals surface area contributed by atoms with Crippen LogP contribution in [-0.2, 0) is 23.9 Å². The molecule has 4 fully saturated rings. The van der Waals surface area contributed by atoms with Crippen LogP contribution >= 0.6 is 0 Å². The maximum atomic E-state index is 12.2. The summed E-state index contributed by atoms with van der Waals surface area (Å²) in [4.78, 5) is 35.4. The molecule has 0 aromatic carbocycles. The van der Waals surface area contributed by atoms with Gasteiger partial charge in [0.25, 0.3) is 0 Å². The molecule has 4 aliphatic rings. The smallest absolute Gasteiger partial charge is 0.302 e. The summed E-state index contributed by atoms with van der Waals surface area (Å²) in [5.41, 5.74) is 0.478. The Kier molecular flexibility index (Phi) is 7.24. The summed E-state index contributed by atoms with van der Waals surface area (Å²) < 4.78 is 11.7. The molecule has 0 N–H and O–H groups in total. The van der Waals surface area contributed by atoms with Gasteiger partial charge in [0.2, 0.25) is 0 Å². The molecule has 0 heterocycles. The van der Waals surface area contributed by atoms with Crippen molar-refractivity contribution in [2.45, 2.75) is 118 Å². The van der Waals surface area contributed by atoms with Gasteiger partial charge in [-0.15, -0.1) is 0 Å². The van der Waals surface area contributed by atoms with Crippen molar-refractivity contribution in [1.82, 2.24) is 0 Å². The summed E-state index contributed by atoms with van der Waals surface area (Å²) in [6.07, 6.45) is 10.3. The minimum Gasteiger partial charge on any atom is -0.463 e. The summed E-state index contributed by atoms with van der Waals surface area (Å²) >= 11 is 0. The van der Waals surface area contributed by atoms with E-state index >= 15 is 0 Å². The second-order valence-electron chi connectivity index (χ2n) is 12.8. The first-order chi connectivity index (χ1) is 16.0. The van der Waals surface area contributed by atoms with E-state index in [4.69, 9.17) is 9.47 Å². The number of esters is 2. The number of carbonyl (C=O) groups is 3. The van der Waals surface area contributed by atoms with Crippen LogP contribution in [0.2, 0.25) is 0 Å². The molecule has 0 aromatic heterocycles. The summed E-state index contributed by atoms with van der Waals surface area (Å²) in [5.74, 6) is 3.09. The Morgan fingerprint density at radius 2 is 1.50 bits per heavy atom. The molecule has 34 heavy (non-hydrogen) atoms. The molecule has 1 unspecified atom stereocenters. The number of Topliss-reactive ketones (excluding diaryl/α,β-unsaturated/α-hetero) is 1. The van der Waals surface area contributed by atoms with Crippen LogP contribution in [0, 0.1) is 46.3 Å². The highest BCUT2D eigenvalue weighted by Gasteiger charge is 2.63. The average Bonchev–Trinajstić information content (AvgIpc) is 3.09. The van der Waals surface area contributed by atoms with Gasteiger partial charge in [-0.2, -0.15) is 0 Å². The number of fused-ring (bicyclic) bond motifs is 5. The summed E-state index contributed by atoms with van der Waals surface area (Å²) in [5, 5.41) is 0. The van der Waals surface area contributed by atoms with Crippen LogP contribution in [-0.4, -0.2) is 29.9 Å². The lowest BCUT2D eigenvalue weighted by Gasteiger charge is -2.62. The van der Waals surface area contributed by atoms with E-state index in [-0.39, 0.29) is 35.0 Å². The van der Waals surface area contributed by atoms with Crippen LogP contribution in [0.5, 0.6) is 0 Å². The molecule has 0 aliphatic heterocycles. The van der Waals surface area contributed by atoms with Crippen LogP contribution in [0.1, 0.15) is 106 Å². The molecule has 5 heteroatoms. The average molecular weight is 475 g/mol. The highest BCUT2D eigenvalue weighted by molar-refractivity contribution is 5.75. The van der Waals surface area contributed by atoms with Crippen molar-refractivity contribution >= 4 is 17.7 Å². The maximum Gasteiger partial charge on any atom is 0.302 e. The molecule has 4 rings (SSSR count). The van der Waals surface area contributed by atoms with Crippen LogP contribution in [0.3, 0.4) is 0 Å². The predicted molar refractivity (Wildman–Crippen MR) is 131 cm³/mol. The van der Waals surface area contributed by atoms with E-state index in [0.29, 0.717) is 47.7 Å². The SMILES string of the molecule is CC(=O)CC[C@@H](C)[C@H]1CC[C@H]2C3[C@H](OC(C)=O)C[C@@H]4C[C@H](OC(C)=O)CC[C@]4(C)[C@H]3CC[C@]12C. The van der Waals surface area contributed by atoms with E-state index in [1.165, 1.54) is 32.6 Å². The normalized spacial score (nSPS) is 44.2. The van der Waals surface area contributed by atoms with E-state index < -0.39 is 0 Å². The number of carbonyl (C=O) groups excluding carboxylic acids is 3. The zero-order valence-electron chi connectivity index (χ0n) is 22.2. The second kappa shape index (κ2) is 9.58. The molecule has 0 amide bonds. The molecule has 0 aromatic rings. The van der Waals surface area contributed by atoms with Gasteiger partial charge in [-0.1, -0.05) is 20.8 Å². The van der Waals surface area contributed by atoms with Gasteiger partial charge in [-0.3, -0.25) is 9.59 Å². The summed E-state index contributed by atoms with van der Waals surface area (Å²) in [6.45, 7) is 12.1. The van der Waals surface area contributed by atoms with E-state index in [1.54, 1.807) is 13.8 Å². The van der Waals surface area contributed by atoms with Crippen molar-refractivity contribution in [3.05, 3.63) is 0 Å². The molecule has 4 saturated carbocycles. The highest BCUT2D eigenvalue weighted by atomic mass is 16.5. The third-order valence-electron chi connectivity index (χ3n) is 11.0. The van der Waals surface area contributed by atoms with Gasteiger partial charge in [0.15, 0.2) is 0 Å². The Labute approximate surface area is 206 Å². The molecule has 5 nitrogen and oxygen atoms in total. The quantitative estimate of drug-likeness (QED) is 0.434. The summed E-state index contributed by atoms with van der Waals surface area (Å²) in [6, 6.07) is 0. The fourth-order valence-electron chi connectivity index (χ4n) is 9.44. The molecule has 0 spiro atoms. The Bertz CT molecular complexity index is 806. The third-order valence-corrected chi connectivity index (χ3v) is 11.0. The first-order valence-corrected chi connectivity index (χ1v) is 13.8. The van der Waals surface area contributed by atoms with Crippen molar-refractivity contribution in [3.8, 4) is 0 Å². The van der Waals surface area contributed by atoms with Crippen molar-refractivity contribution in [3.63, 3.8) is 0 Å². The maximum absolute atomic E-state index is 12.2. The lowest BCUT2D eigenvalue weighted by molar-refractivity contribution is -0.197. The fourth-order valence-corrected chi connectivity index (χ4v) is 9.44. The first kappa shape index (κ1) is 25.7. The Morgan fingerprint density at radius 3 is 2.15 bits per heavy atom. The van der Waals surface area contributed by atoms with E-state index in [0.717, 1.165) is 32.1 Å². The molecule has 0 saturated heterocycles. The zero-order chi connectivity index (χ0) is 24.8. The first-order valence-electron chi connectivity index (χ1n) is 13.8. The van der Waals surface area contributed by atoms with Gasteiger partial charge >= 0.3 is 11.9 Å². The van der Waals surface area contributed by atoms with Gasteiger partial charge in [0.1, 0.15) is 18.0 Å². The lowest BCUT2D eigenvalue weighted by Crippen LogP contribution is -2.59. The predicted octanol–water partition coefficient (Wildman–Crippen LogP) is 6.12. The monoisotopic (exact) mass is 474 g/mol. The second-order valence-corrected chi connectivity index (χ2v) is 12.8. The Balaban J connectivity index is 1.59. The van der Waals surface area contributed by atoms with Gasteiger partial charge in [0, 0.05) is 26.2 Å². The van der Waals surface area contributed by atoms with Crippen molar-refractivity contribution in [1.29, 1.82) is 0 Å². The van der Waals surface area contributed by atoms with Gasteiger partial charge in [-0.25, -0.2) is 0 Å². The molecule has 10 atom stereocenters. The standard InChI is InChI=1S/C29H46O5/c1-17(7-8-18(2)30)23-9-10-24-27-25(12-14-29(23,24)6)28(5)13-11-22(33-19(3)31)15-21(28)16-26(27)34-20(4)32/h17,21-27H,7-16H2,1-6H3/t17-,21+,22-,23-,24+,25+,26-,27?,28+,29-/m1/s1. The van der Waals surface area contributed by atoms with Gasteiger partial charge in [0.05, 0.1) is 0 Å². The summed E-state index contributed by atoms with van der Waals surface area (Å²) in [7, 11) is 0. The molecule has 0 radical (unpaired) electrons. The largest absolute Gasteiger partial charge is 0.463 e. The van der Waals surface area contributed by atoms with Crippen molar-refractivity contribution in [2.75, 3.05) is 0 Å². The molecule has 4 aliphatic carbocycles. The van der Waals surface area contributed by atoms with E-state index in [9.17, 15) is 14.4 Å². The Hall–Kier alpha value is -1.39. The minimum absolute atomic E-state index is 0.00283. The number of hydrogen-bond donors (Lipinski definition) is 0. The van der Waals surface area contributed by atoms with Crippen LogP contribution in [0.15, 0.2) is 0 Å².